The number of nitrogens with zero attached hydrogens (tertiary/aromatic N) is 1. The lowest BCUT2D eigenvalue weighted by Crippen LogP contribution is -2.35. The summed E-state index contributed by atoms with van der Waals surface area (Å²) in [5, 5.41) is 2.72. The van der Waals surface area contributed by atoms with E-state index in [-0.39, 0.29) is 5.91 Å². The van der Waals surface area contributed by atoms with Gasteiger partial charge in [-0.25, -0.2) is 4.79 Å². The van der Waals surface area contributed by atoms with Gasteiger partial charge in [-0.3, -0.25) is 9.78 Å². The van der Waals surface area contributed by atoms with E-state index < -0.39 is 12.1 Å². The lowest BCUT2D eigenvalue weighted by atomic mass is 10.1. The molecule has 3 rings (SSSR count). The molecule has 24 heavy (non-hydrogen) atoms. The maximum Gasteiger partial charge on any atom is 0.342 e. The van der Waals surface area contributed by atoms with E-state index in [1.54, 1.807) is 37.5 Å². The number of aryl methyl sites for hydroxylation is 1. The Balaban J connectivity index is 1.60. The molecule has 0 fully saturated rings. The largest absolute Gasteiger partial charge is 0.478 e. The van der Waals surface area contributed by atoms with E-state index in [0.29, 0.717) is 30.0 Å². The third-order valence-corrected chi connectivity index (χ3v) is 3.72. The van der Waals surface area contributed by atoms with Crippen LogP contribution in [0.4, 0.5) is 5.69 Å². The summed E-state index contributed by atoms with van der Waals surface area (Å²) in [7, 11) is 0. The van der Waals surface area contributed by atoms with Gasteiger partial charge in [0.15, 0.2) is 11.9 Å². The number of anilines is 1. The molecule has 0 saturated carbocycles. The highest BCUT2D eigenvalue weighted by atomic mass is 16.5. The highest BCUT2D eigenvalue weighted by Gasteiger charge is 2.28. The summed E-state index contributed by atoms with van der Waals surface area (Å²) < 4.78 is 10.9. The minimum atomic E-state index is -0.642. The minimum absolute atomic E-state index is 0.232. The highest BCUT2D eigenvalue weighted by Crippen LogP contribution is 2.33. The van der Waals surface area contributed by atoms with Crippen LogP contribution < -0.4 is 10.1 Å². The van der Waals surface area contributed by atoms with E-state index >= 15 is 0 Å². The van der Waals surface area contributed by atoms with Gasteiger partial charge in [-0.2, -0.15) is 0 Å². The van der Waals surface area contributed by atoms with Gasteiger partial charge in [-0.15, -0.1) is 0 Å². The number of aromatic nitrogens is 1. The number of ether oxygens (including phenoxy) is 2. The fourth-order valence-electron chi connectivity index (χ4n) is 2.45. The zero-order valence-corrected chi connectivity index (χ0v) is 13.3. The average Bonchev–Trinajstić information content (AvgIpc) is 2.60. The lowest BCUT2D eigenvalue weighted by molar-refractivity contribution is -0.122. The Morgan fingerprint density at radius 3 is 3.00 bits per heavy atom. The third kappa shape index (κ3) is 3.53. The quantitative estimate of drug-likeness (QED) is 0.675. The predicted molar refractivity (Wildman–Crippen MR) is 88.0 cm³/mol. The Kier molecular flexibility index (Phi) is 4.74. The molecule has 1 amide bonds. The number of hydrogen-bond donors (Lipinski definition) is 1. The van der Waals surface area contributed by atoms with E-state index in [2.05, 4.69) is 10.3 Å². The van der Waals surface area contributed by atoms with E-state index in [9.17, 15) is 9.59 Å². The second-order valence-electron chi connectivity index (χ2n) is 5.53. The van der Waals surface area contributed by atoms with Crippen LogP contribution in [0.15, 0.2) is 42.7 Å². The topological polar surface area (TPSA) is 77.5 Å². The van der Waals surface area contributed by atoms with Crippen LogP contribution in [0.25, 0.3) is 0 Å². The van der Waals surface area contributed by atoms with Crippen molar-refractivity contribution in [3.05, 3.63) is 53.9 Å². The minimum Gasteiger partial charge on any atom is -0.478 e. The Morgan fingerprint density at radius 2 is 2.21 bits per heavy atom. The first-order valence-corrected chi connectivity index (χ1v) is 7.81. The normalized spacial score (nSPS) is 15.9. The van der Waals surface area contributed by atoms with Crippen LogP contribution in [-0.4, -0.2) is 29.6 Å². The molecule has 1 aliphatic heterocycles. The number of rotatable bonds is 5. The number of amides is 1. The van der Waals surface area contributed by atoms with Crippen molar-refractivity contribution in [2.45, 2.75) is 25.9 Å². The number of para-hydroxylation sites is 1. The monoisotopic (exact) mass is 326 g/mol. The second kappa shape index (κ2) is 7.12. The molecule has 2 heterocycles. The summed E-state index contributed by atoms with van der Waals surface area (Å²) in [6, 6.07) is 8.88. The smallest absolute Gasteiger partial charge is 0.342 e. The van der Waals surface area contributed by atoms with Gasteiger partial charge in [0.2, 0.25) is 0 Å². The van der Waals surface area contributed by atoms with Crippen LogP contribution in [0.2, 0.25) is 0 Å². The zero-order chi connectivity index (χ0) is 16.9. The Hall–Kier alpha value is -2.89. The van der Waals surface area contributed by atoms with Crippen LogP contribution in [0.5, 0.6) is 5.75 Å². The molecule has 0 aliphatic carbocycles. The summed E-state index contributed by atoms with van der Waals surface area (Å²) in [6.45, 7) is 1.94. The number of nitrogens with one attached hydrogen (secondary N) is 1. The Morgan fingerprint density at radius 1 is 1.33 bits per heavy atom. The second-order valence-corrected chi connectivity index (χ2v) is 5.53. The summed E-state index contributed by atoms with van der Waals surface area (Å²) >= 11 is 0. The number of fused-ring (bicyclic) bond motifs is 1. The average molecular weight is 326 g/mol. The van der Waals surface area contributed by atoms with Gasteiger partial charge in [0.25, 0.3) is 5.91 Å². The fraction of sp³-hybridized carbons (Fsp3) is 0.278. The molecule has 1 unspecified atom stereocenters. The molecule has 1 aromatic carbocycles. The molecule has 1 atom stereocenters. The first kappa shape index (κ1) is 16.0. The molecule has 1 aromatic heterocycles. The molecule has 1 N–H and O–H groups in total. The summed E-state index contributed by atoms with van der Waals surface area (Å²) in [4.78, 5) is 28.0. The number of carbonyl (C=O) groups excluding carboxylic acids is 2. The molecule has 124 valence electrons. The standard InChI is InChI=1S/C18H18N2O4/c1-12-17(21)20-15-8-2-7-14(16(15)24-12)18(22)23-10-4-6-13-5-3-9-19-11-13/h2-3,5,7-9,11-12H,4,6,10H2,1H3,(H,20,21). The van der Waals surface area contributed by atoms with Crippen molar-refractivity contribution in [2.75, 3.05) is 11.9 Å². The highest BCUT2D eigenvalue weighted by molar-refractivity contribution is 6.02. The van der Waals surface area contributed by atoms with E-state index in [1.807, 2.05) is 12.1 Å². The van der Waals surface area contributed by atoms with Crippen molar-refractivity contribution < 1.29 is 19.1 Å². The van der Waals surface area contributed by atoms with Crippen LogP contribution in [-0.2, 0) is 16.0 Å². The van der Waals surface area contributed by atoms with E-state index in [4.69, 9.17) is 9.47 Å². The van der Waals surface area contributed by atoms with Gasteiger partial charge < -0.3 is 14.8 Å². The van der Waals surface area contributed by atoms with E-state index in [1.165, 1.54) is 0 Å². The van der Waals surface area contributed by atoms with Crippen molar-refractivity contribution in [1.29, 1.82) is 0 Å². The molecule has 0 radical (unpaired) electrons. The van der Waals surface area contributed by atoms with Gasteiger partial charge in [0, 0.05) is 12.4 Å². The van der Waals surface area contributed by atoms with Crippen molar-refractivity contribution in [2.24, 2.45) is 0 Å². The summed E-state index contributed by atoms with van der Waals surface area (Å²) in [6.07, 6.45) is 4.38. The molecule has 6 heteroatoms. The number of pyridine rings is 1. The molecule has 6 nitrogen and oxygen atoms in total. The molecule has 2 aromatic rings. The third-order valence-electron chi connectivity index (χ3n) is 3.72. The summed E-state index contributed by atoms with van der Waals surface area (Å²) in [5.41, 5.74) is 1.91. The van der Waals surface area contributed by atoms with Gasteiger partial charge in [0.1, 0.15) is 5.56 Å². The van der Waals surface area contributed by atoms with Crippen LogP contribution >= 0.6 is 0 Å². The molecular weight excluding hydrogens is 308 g/mol. The number of benzene rings is 1. The Labute approximate surface area is 139 Å². The fourth-order valence-corrected chi connectivity index (χ4v) is 2.45. The van der Waals surface area contributed by atoms with Crippen LogP contribution in [0, 0.1) is 0 Å². The zero-order valence-electron chi connectivity index (χ0n) is 13.3. The molecule has 0 spiro atoms. The van der Waals surface area contributed by atoms with Crippen LogP contribution in [0.3, 0.4) is 0 Å². The van der Waals surface area contributed by atoms with Gasteiger partial charge in [-0.1, -0.05) is 12.1 Å². The van der Waals surface area contributed by atoms with Crippen molar-refractivity contribution in [3.8, 4) is 5.75 Å². The SMILES string of the molecule is CC1Oc2c(cccc2C(=O)OCCCc2cccnc2)NC1=O. The number of carbonyl (C=O) groups is 2. The lowest BCUT2D eigenvalue weighted by Gasteiger charge is -2.24. The van der Waals surface area contributed by atoms with E-state index in [0.717, 1.165) is 12.0 Å². The van der Waals surface area contributed by atoms with Crippen molar-refractivity contribution >= 4 is 17.6 Å². The molecule has 0 saturated heterocycles. The summed E-state index contributed by atoms with van der Waals surface area (Å²) in [5.74, 6) is -0.326. The van der Waals surface area contributed by atoms with Gasteiger partial charge in [0.05, 0.1) is 12.3 Å². The number of esters is 1. The molecule has 0 bridgehead atoms. The maximum absolute atomic E-state index is 12.3. The first-order chi connectivity index (χ1) is 11.6. The van der Waals surface area contributed by atoms with Gasteiger partial charge >= 0.3 is 5.97 Å². The Bertz CT molecular complexity index is 746. The predicted octanol–water partition coefficient (Wildman–Crippen LogP) is 2.59. The number of hydrogen-bond acceptors (Lipinski definition) is 5. The maximum atomic E-state index is 12.3. The molecular formula is C18H18N2O4. The van der Waals surface area contributed by atoms with Crippen molar-refractivity contribution in [1.82, 2.24) is 4.98 Å². The van der Waals surface area contributed by atoms with Crippen molar-refractivity contribution in [3.63, 3.8) is 0 Å². The van der Waals surface area contributed by atoms with Gasteiger partial charge in [-0.05, 0) is 43.5 Å². The van der Waals surface area contributed by atoms with Crippen LogP contribution in [0.1, 0.15) is 29.3 Å². The molecule has 1 aliphatic rings. The first-order valence-electron chi connectivity index (χ1n) is 7.81.